The van der Waals surface area contributed by atoms with Crippen molar-refractivity contribution in [3.05, 3.63) is 60.4 Å². The molecule has 2 heterocycles. The number of benzene rings is 2. The monoisotopic (exact) mass is 333 g/mol. The van der Waals surface area contributed by atoms with E-state index in [0.29, 0.717) is 22.6 Å². The van der Waals surface area contributed by atoms with Crippen LogP contribution in [0.15, 0.2) is 54.9 Å². The summed E-state index contributed by atoms with van der Waals surface area (Å²) in [7, 11) is 0. The highest BCUT2D eigenvalue weighted by atomic mass is 16.1. The molecule has 0 bridgehead atoms. The third-order valence-electron chi connectivity index (χ3n) is 3.47. The molecule has 0 aliphatic heterocycles. The first-order valence-corrected chi connectivity index (χ1v) is 7.28. The average molecular weight is 333 g/mol. The lowest BCUT2D eigenvalue weighted by molar-refractivity contribution is 0.102. The van der Waals surface area contributed by atoms with Gasteiger partial charge in [0.15, 0.2) is 0 Å². The molecule has 10 nitrogen and oxygen atoms in total. The van der Waals surface area contributed by atoms with E-state index in [0.717, 1.165) is 5.69 Å². The summed E-state index contributed by atoms with van der Waals surface area (Å²) in [5.41, 5.74) is 2.65. The van der Waals surface area contributed by atoms with Crippen molar-refractivity contribution in [1.29, 1.82) is 0 Å². The van der Waals surface area contributed by atoms with E-state index >= 15 is 0 Å². The van der Waals surface area contributed by atoms with Crippen molar-refractivity contribution >= 4 is 11.6 Å². The van der Waals surface area contributed by atoms with E-state index in [1.807, 2.05) is 18.2 Å². The number of hydrogen-bond acceptors (Lipinski definition) is 7. The Morgan fingerprint density at radius 2 is 2.00 bits per heavy atom. The number of H-pyrrole nitrogens is 1. The fourth-order valence-corrected chi connectivity index (χ4v) is 2.26. The summed E-state index contributed by atoms with van der Waals surface area (Å²) in [6.07, 6.45) is 1.50. The summed E-state index contributed by atoms with van der Waals surface area (Å²) in [6.45, 7) is 0. The fourth-order valence-electron chi connectivity index (χ4n) is 2.26. The van der Waals surface area contributed by atoms with Crippen LogP contribution < -0.4 is 5.32 Å². The van der Waals surface area contributed by atoms with Crippen LogP contribution in [0.5, 0.6) is 0 Å². The number of rotatable bonds is 4. The van der Waals surface area contributed by atoms with Gasteiger partial charge in [0, 0.05) is 16.8 Å². The highest BCUT2D eigenvalue weighted by Crippen LogP contribution is 2.17. The number of carbonyl (C=O) groups is 1. The molecular weight excluding hydrogens is 322 g/mol. The number of carbonyl (C=O) groups excluding carboxylic acids is 1. The standard InChI is InChI=1S/C15H11N9O/c25-15(11-3-1-2-10(8-11)14-18-21-22-19-14)17-12-4-6-13(7-5-12)24-9-16-20-23-24/h1-9H,(H,17,25)(H,18,19,21,22). The Bertz CT molecular complexity index is 978. The van der Waals surface area contributed by atoms with Crippen LogP contribution in [0.2, 0.25) is 0 Å². The zero-order valence-corrected chi connectivity index (χ0v) is 12.7. The number of anilines is 1. The molecule has 0 saturated carbocycles. The summed E-state index contributed by atoms with van der Waals surface area (Å²) in [6, 6.07) is 14.2. The van der Waals surface area contributed by atoms with E-state index in [9.17, 15) is 4.79 Å². The number of aromatic nitrogens is 8. The van der Waals surface area contributed by atoms with Crippen LogP contribution in [0.4, 0.5) is 5.69 Å². The molecule has 0 spiro atoms. The van der Waals surface area contributed by atoms with E-state index in [4.69, 9.17) is 0 Å². The first kappa shape index (κ1) is 14.6. The molecule has 2 aromatic heterocycles. The zero-order valence-electron chi connectivity index (χ0n) is 12.7. The lowest BCUT2D eigenvalue weighted by atomic mass is 10.1. The Balaban J connectivity index is 1.51. The maximum atomic E-state index is 12.4. The van der Waals surface area contributed by atoms with Gasteiger partial charge in [-0.2, -0.15) is 5.21 Å². The lowest BCUT2D eigenvalue weighted by Crippen LogP contribution is -2.12. The van der Waals surface area contributed by atoms with Crippen molar-refractivity contribution in [1.82, 2.24) is 40.8 Å². The fraction of sp³-hybridized carbons (Fsp3) is 0. The minimum Gasteiger partial charge on any atom is -0.322 e. The summed E-state index contributed by atoms with van der Waals surface area (Å²) in [5, 5.41) is 27.5. The SMILES string of the molecule is O=C(Nc1ccc(-n2cnnn2)cc1)c1cccc(-c2nn[nH]n2)c1. The number of aromatic amines is 1. The van der Waals surface area contributed by atoms with Crippen molar-refractivity contribution in [2.24, 2.45) is 0 Å². The van der Waals surface area contributed by atoms with Crippen LogP contribution in [0.25, 0.3) is 17.1 Å². The van der Waals surface area contributed by atoms with Crippen molar-refractivity contribution < 1.29 is 4.79 Å². The Labute approximate surface area is 140 Å². The smallest absolute Gasteiger partial charge is 0.255 e. The zero-order chi connectivity index (χ0) is 17.1. The molecule has 122 valence electrons. The van der Waals surface area contributed by atoms with E-state index in [-0.39, 0.29) is 5.91 Å². The molecule has 4 aromatic rings. The molecule has 0 aliphatic rings. The van der Waals surface area contributed by atoms with Gasteiger partial charge in [0.2, 0.25) is 5.82 Å². The van der Waals surface area contributed by atoms with Gasteiger partial charge in [0.05, 0.1) is 5.69 Å². The van der Waals surface area contributed by atoms with Crippen LogP contribution in [0.3, 0.4) is 0 Å². The molecule has 2 N–H and O–H groups in total. The first-order chi connectivity index (χ1) is 12.3. The van der Waals surface area contributed by atoms with Gasteiger partial charge >= 0.3 is 0 Å². The Hall–Kier alpha value is -3.95. The van der Waals surface area contributed by atoms with Crippen molar-refractivity contribution in [3.63, 3.8) is 0 Å². The molecule has 0 saturated heterocycles. The molecule has 0 aliphatic carbocycles. The molecule has 0 unspecified atom stereocenters. The number of amides is 1. The quantitative estimate of drug-likeness (QED) is 0.572. The Morgan fingerprint density at radius 3 is 2.72 bits per heavy atom. The van der Waals surface area contributed by atoms with Gasteiger partial charge in [-0.25, -0.2) is 4.68 Å². The van der Waals surface area contributed by atoms with Gasteiger partial charge in [-0.1, -0.05) is 12.1 Å². The minimum absolute atomic E-state index is 0.236. The largest absolute Gasteiger partial charge is 0.322 e. The van der Waals surface area contributed by atoms with Crippen molar-refractivity contribution in [2.75, 3.05) is 5.32 Å². The van der Waals surface area contributed by atoms with Crippen LogP contribution in [0.1, 0.15) is 10.4 Å². The molecule has 25 heavy (non-hydrogen) atoms. The first-order valence-electron chi connectivity index (χ1n) is 7.28. The molecular formula is C15H11N9O. The molecule has 0 radical (unpaired) electrons. The minimum atomic E-state index is -0.236. The Kier molecular flexibility index (Phi) is 3.67. The van der Waals surface area contributed by atoms with E-state index in [1.165, 1.54) is 11.0 Å². The van der Waals surface area contributed by atoms with Crippen molar-refractivity contribution in [2.45, 2.75) is 0 Å². The third-order valence-corrected chi connectivity index (χ3v) is 3.47. The molecule has 0 atom stereocenters. The highest BCUT2D eigenvalue weighted by Gasteiger charge is 2.10. The highest BCUT2D eigenvalue weighted by molar-refractivity contribution is 6.04. The lowest BCUT2D eigenvalue weighted by Gasteiger charge is -2.07. The predicted molar refractivity (Wildman–Crippen MR) is 86.7 cm³/mol. The van der Waals surface area contributed by atoms with Crippen molar-refractivity contribution in [3.8, 4) is 17.1 Å². The second kappa shape index (κ2) is 6.28. The number of nitrogens with zero attached hydrogens (tertiary/aromatic N) is 7. The van der Waals surface area contributed by atoms with E-state index in [1.54, 1.807) is 30.3 Å². The molecule has 4 rings (SSSR count). The second-order valence-electron chi connectivity index (χ2n) is 5.07. The summed E-state index contributed by atoms with van der Waals surface area (Å²) in [4.78, 5) is 12.4. The Morgan fingerprint density at radius 1 is 1.12 bits per heavy atom. The maximum Gasteiger partial charge on any atom is 0.255 e. The average Bonchev–Trinajstić information content (AvgIpc) is 3.36. The van der Waals surface area contributed by atoms with Gasteiger partial charge in [-0.15, -0.1) is 15.3 Å². The maximum absolute atomic E-state index is 12.4. The third kappa shape index (κ3) is 3.08. The van der Waals surface area contributed by atoms with Gasteiger partial charge in [0.1, 0.15) is 6.33 Å². The van der Waals surface area contributed by atoms with Crippen LogP contribution in [0, 0.1) is 0 Å². The van der Waals surface area contributed by atoms with Crippen LogP contribution >= 0.6 is 0 Å². The van der Waals surface area contributed by atoms with Crippen LogP contribution in [-0.4, -0.2) is 46.7 Å². The number of nitrogens with one attached hydrogen (secondary N) is 2. The summed E-state index contributed by atoms with van der Waals surface area (Å²) in [5.74, 6) is 0.195. The van der Waals surface area contributed by atoms with Gasteiger partial charge in [-0.3, -0.25) is 4.79 Å². The van der Waals surface area contributed by atoms with Crippen LogP contribution in [-0.2, 0) is 0 Å². The predicted octanol–water partition coefficient (Wildman–Crippen LogP) is 1.09. The summed E-state index contributed by atoms with van der Waals surface area (Å²) < 4.78 is 1.53. The molecule has 0 fully saturated rings. The number of tetrazole rings is 2. The molecule has 2 aromatic carbocycles. The molecule has 1 amide bonds. The van der Waals surface area contributed by atoms with E-state index < -0.39 is 0 Å². The van der Waals surface area contributed by atoms with E-state index in [2.05, 4.69) is 41.5 Å². The second-order valence-corrected chi connectivity index (χ2v) is 5.07. The van der Waals surface area contributed by atoms with Gasteiger partial charge < -0.3 is 5.32 Å². The summed E-state index contributed by atoms with van der Waals surface area (Å²) >= 11 is 0. The topological polar surface area (TPSA) is 127 Å². The van der Waals surface area contributed by atoms with Gasteiger partial charge in [-0.05, 0) is 52.0 Å². The number of hydrogen-bond donors (Lipinski definition) is 2. The normalized spacial score (nSPS) is 10.6. The molecule has 10 heteroatoms. The van der Waals surface area contributed by atoms with Gasteiger partial charge in [0.25, 0.3) is 5.91 Å².